The summed E-state index contributed by atoms with van der Waals surface area (Å²) in [5.74, 6) is 0.242. The summed E-state index contributed by atoms with van der Waals surface area (Å²) in [4.78, 5) is 0. The van der Waals surface area contributed by atoms with Crippen LogP contribution in [0.3, 0.4) is 0 Å². The van der Waals surface area contributed by atoms with Crippen molar-refractivity contribution in [2.45, 2.75) is 19.3 Å². The first-order valence-electron chi connectivity index (χ1n) is 7.40. The Hall–Kier alpha value is -0.950. The van der Waals surface area contributed by atoms with Gasteiger partial charge in [-0.3, -0.25) is 0 Å². The van der Waals surface area contributed by atoms with Gasteiger partial charge in [0.05, 0.1) is 0 Å². The minimum absolute atomic E-state index is 0.151. The Bertz CT molecular complexity index is 525. The zero-order valence-electron chi connectivity index (χ0n) is 12.5. The molecule has 1 fully saturated rings. The molecule has 6 heteroatoms. The Balaban J connectivity index is 1.90. The van der Waals surface area contributed by atoms with Crippen molar-refractivity contribution >= 4 is 10.2 Å². The molecule has 1 aliphatic heterocycles. The predicted octanol–water partition coefficient (Wildman–Crippen LogP) is 1.11. The zero-order valence-corrected chi connectivity index (χ0v) is 13.3. The maximum absolute atomic E-state index is 12.5. The Kier molecular flexibility index (Phi) is 5.75. The Morgan fingerprint density at radius 3 is 2.43 bits per heavy atom. The van der Waals surface area contributed by atoms with E-state index in [-0.39, 0.29) is 12.5 Å². The molecule has 0 unspecified atom stereocenters. The second-order valence-electron chi connectivity index (χ2n) is 5.59. The van der Waals surface area contributed by atoms with Crippen LogP contribution in [-0.2, 0) is 16.6 Å². The fourth-order valence-electron chi connectivity index (χ4n) is 2.57. The molecule has 0 bridgehead atoms. The number of nitrogens with zero attached hydrogens (tertiary/aromatic N) is 2. The minimum atomic E-state index is -3.38. The first-order valence-corrected chi connectivity index (χ1v) is 8.80. The summed E-state index contributed by atoms with van der Waals surface area (Å²) in [6, 6.07) is 9.89. The fourth-order valence-corrected chi connectivity index (χ4v) is 3.95. The number of piperidine rings is 1. The van der Waals surface area contributed by atoms with E-state index in [4.69, 9.17) is 5.11 Å². The third-order valence-electron chi connectivity index (χ3n) is 4.11. The Labute approximate surface area is 127 Å². The van der Waals surface area contributed by atoms with Gasteiger partial charge in [-0.25, -0.2) is 0 Å². The lowest BCUT2D eigenvalue weighted by molar-refractivity contribution is 0.167. The van der Waals surface area contributed by atoms with Crippen LogP contribution in [-0.4, -0.2) is 55.4 Å². The third-order valence-corrected chi connectivity index (χ3v) is 6.10. The van der Waals surface area contributed by atoms with Gasteiger partial charge < -0.3 is 5.11 Å². The maximum atomic E-state index is 12.5. The van der Waals surface area contributed by atoms with Gasteiger partial charge in [0.15, 0.2) is 0 Å². The summed E-state index contributed by atoms with van der Waals surface area (Å²) in [6.07, 6.45) is 2.19. The van der Waals surface area contributed by atoms with E-state index < -0.39 is 10.2 Å². The van der Waals surface area contributed by atoms with Gasteiger partial charge in [-0.2, -0.15) is 17.0 Å². The van der Waals surface area contributed by atoms with Crippen LogP contribution in [0.1, 0.15) is 18.4 Å². The zero-order chi connectivity index (χ0) is 15.3. The van der Waals surface area contributed by atoms with Crippen molar-refractivity contribution in [1.29, 1.82) is 0 Å². The fraction of sp³-hybridized carbons (Fsp3) is 0.600. The van der Waals surface area contributed by atoms with Crippen molar-refractivity contribution in [3.05, 3.63) is 35.9 Å². The van der Waals surface area contributed by atoms with Crippen LogP contribution in [0, 0.1) is 5.92 Å². The number of aliphatic hydroxyl groups is 1. The molecular formula is C15H24N2O3S. The molecule has 0 spiro atoms. The van der Waals surface area contributed by atoms with Crippen LogP contribution in [0.2, 0.25) is 0 Å². The third kappa shape index (κ3) is 4.26. The highest BCUT2D eigenvalue weighted by atomic mass is 32.2. The van der Waals surface area contributed by atoms with Gasteiger partial charge in [0.1, 0.15) is 0 Å². The van der Waals surface area contributed by atoms with E-state index in [0.717, 1.165) is 18.4 Å². The molecule has 0 aliphatic carbocycles. The van der Waals surface area contributed by atoms with Gasteiger partial charge in [-0.05, 0) is 30.7 Å². The molecule has 0 saturated carbocycles. The smallest absolute Gasteiger partial charge is 0.281 e. The highest BCUT2D eigenvalue weighted by Crippen LogP contribution is 2.20. The van der Waals surface area contributed by atoms with Crippen molar-refractivity contribution in [3.63, 3.8) is 0 Å². The van der Waals surface area contributed by atoms with E-state index in [0.29, 0.717) is 26.1 Å². The summed E-state index contributed by atoms with van der Waals surface area (Å²) >= 11 is 0. The van der Waals surface area contributed by atoms with Crippen molar-refractivity contribution in [3.8, 4) is 0 Å². The molecule has 1 aromatic rings. The molecule has 1 aliphatic rings. The van der Waals surface area contributed by atoms with Crippen molar-refractivity contribution in [2.75, 3.05) is 33.3 Å². The molecule has 118 valence electrons. The van der Waals surface area contributed by atoms with Crippen LogP contribution in [0.25, 0.3) is 0 Å². The number of benzene rings is 1. The van der Waals surface area contributed by atoms with Gasteiger partial charge in [-0.1, -0.05) is 30.3 Å². The Morgan fingerprint density at radius 1 is 1.24 bits per heavy atom. The lowest BCUT2D eigenvalue weighted by atomic mass is 10.00. The summed E-state index contributed by atoms with van der Waals surface area (Å²) in [5.41, 5.74) is 1.14. The van der Waals surface area contributed by atoms with Gasteiger partial charge in [0, 0.05) is 33.3 Å². The number of hydrogen-bond donors (Lipinski definition) is 1. The number of aliphatic hydroxyl groups excluding tert-OH is 1. The van der Waals surface area contributed by atoms with Gasteiger partial charge >= 0.3 is 0 Å². The molecule has 1 aromatic carbocycles. The van der Waals surface area contributed by atoms with Crippen LogP contribution >= 0.6 is 0 Å². The molecule has 1 heterocycles. The van der Waals surface area contributed by atoms with E-state index in [2.05, 4.69) is 0 Å². The highest BCUT2D eigenvalue weighted by molar-refractivity contribution is 7.86. The molecule has 21 heavy (non-hydrogen) atoms. The SMILES string of the molecule is CN(CCc1ccccc1)S(=O)(=O)N1CCC(CO)CC1. The average Bonchev–Trinajstić information content (AvgIpc) is 2.53. The molecule has 1 saturated heterocycles. The summed E-state index contributed by atoms with van der Waals surface area (Å²) < 4.78 is 27.9. The number of likely N-dealkylation sites (N-methyl/N-ethyl adjacent to an activating group) is 1. The molecule has 0 atom stereocenters. The van der Waals surface area contributed by atoms with E-state index in [1.54, 1.807) is 7.05 Å². The molecule has 0 aromatic heterocycles. The lowest BCUT2D eigenvalue weighted by Gasteiger charge is -2.33. The van der Waals surface area contributed by atoms with Crippen LogP contribution in [0.15, 0.2) is 30.3 Å². The van der Waals surface area contributed by atoms with Gasteiger partial charge in [-0.15, -0.1) is 0 Å². The largest absolute Gasteiger partial charge is 0.396 e. The van der Waals surface area contributed by atoms with Crippen LogP contribution in [0.4, 0.5) is 0 Å². The predicted molar refractivity (Wildman–Crippen MR) is 83.1 cm³/mol. The highest BCUT2D eigenvalue weighted by Gasteiger charge is 2.30. The normalized spacial score (nSPS) is 18.2. The quantitative estimate of drug-likeness (QED) is 0.856. The number of hydrogen-bond acceptors (Lipinski definition) is 3. The van der Waals surface area contributed by atoms with Crippen LogP contribution in [0.5, 0.6) is 0 Å². The summed E-state index contributed by atoms with van der Waals surface area (Å²) in [5, 5.41) is 9.12. The first-order chi connectivity index (χ1) is 10.0. The topological polar surface area (TPSA) is 60.9 Å². The molecule has 1 N–H and O–H groups in total. The van der Waals surface area contributed by atoms with E-state index in [1.807, 2.05) is 30.3 Å². The van der Waals surface area contributed by atoms with Crippen molar-refractivity contribution in [2.24, 2.45) is 5.92 Å². The average molecular weight is 312 g/mol. The molecule has 0 radical (unpaired) electrons. The molecular weight excluding hydrogens is 288 g/mol. The molecule has 5 nitrogen and oxygen atoms in total. The van der Waals surface area contributed by atoms with Gasteiger partial charge in [0.2, 0.25) is 0 Å². The Morgan fingerprint density at radius 2 is 1.86 bits per heavy atom. The van der Waals surface area contributed by atoms with Crippen molar-refractivity contribution < 1.29 is 13.5 Å². The monoisotopic (exact) mass is 312 g/mol. The van der Waals surface area contributed by atoms with Crippen LogP contribution < -0.4 is 0 Å². The molecule has 2 rings (SSSR count). The second-order valence-corrected chi connectivity index (χ2v) is 7.63. The van der Waals surface area contributed by atoms with E-state index >= 15 is 0 Å². The summed E-state index contributed by atoms with van der Waals surface area (Å²) in [6.45, 7) is 1.64. The minimum Gasteiger partial charge on any atom is -0.396 e. The second kappa shape index (κ2) is 7.35. The van der Waals surface area contributed by atoms with E-state index in [1.165, 1.54) is 8.61 Å². The van der Waals surface area contributed by atoms with E-state index in [9.17, 15) is 8.42 Å². The number of rotatable bonds is 6. The van der Waals surface area contributed by atoms with Gasteiger partial charge in [0.25, 0.3) is 10.2 Å². The first kappa shape index (κ1) is 16.4. The molecule has 0 amide bonds. The van der Waals surface area contributed by atoms with Crippen molar-refractivity contribution in [1.82, 2.24) is 8.61 Å². The maximum Gasteiger partial charge on any atom is 0.281 e. The summed E-state index contributed by atoms with van der Waals surface area (Å²) in [7, 11) is -1.74. The lowest BCUT2D eigenvalue weighted by Crippen LogP contribution is -2.46. The standard InChI is InChI=1S/C15H24N2O3S/c1-16(10-7-14-5-3-2-4-6-14)21(19,20)17-11-8-15(13-18)9-12-17/h2-6,15,18H,7-13H2,1H3.